The molecule has 27 heavy (non-hydrogen) atoms. The zero-order chi connectivity index (χ0) is 19.4. The van der Waals surface area contributed by atoms with Gasteiger partial charge >= 0.3 is 0 Å². The van der Waals surface area contributed by atoms with Crippen molar-refractivity contribution in [3.05, 3.63) is 29.8 Å². The normalized spacial score (nSPS) is 20.0. The summed E-state index contributed by atoms with van der Waals surface area (Å²) >= 11 is 0. The molecule has 2 heterocycles. The van der Waals surface area contributed by atoms with Gasteiger partial charge in [-0.05, 0) is 25.5 Å². The Hall–Kier alpha value is -2.41. The van der Waals surface area contributed by atoms with E-state index in [1.54, 1.807) is 0 Å². The van der Waals surface area contributed by atoms with Gasteiger partial charge in [-0.15, -0.1) is 0 Å². The van der Waals surface area contributed by atoms with Crippen molar-refractivity contribution in [3.8, 4) is 0 Å². The number of fused-ring (bicyclic) bond motifs is 1. The molecule has 0 bridgehead atoms. The third-order valence-corrected chi connectivity index (χ3v) is 5.46. The Morgan fingerprint density at radius 2 is 1.78 bits per heavy atom. The molecule has 1 unspecified atom stereocenters. The number of amides is 3. The van der Waals surface area contributed by atoms with Crippen LogP contribution in [0.2, 0.25) is 0 Å². The number of hydrogen-bond acceptors (Lipinski definition) is 4. The third-order valence-electron chi connectivity index (χ3n) is 5.46. The molecule has 2 aliphatic heterocycles. The summed E-state index contributed by atoms with van der Waals surface area (Å²) in [7, 11) is 0. The van der Waals surface area contributed by atoms with Gasteiger partial charge in [-0.1, -0.05) is 18.2 Å². The molecule has 1 aromatic carbocycles. The van der Waals surface area contributed by atoms with Crippen LogP contribution in [0.3, 0.4) is 0 Å². The molecule has 0 radical (unpaired) electrons. The number of piperazine rings is 1. The molecule has 0 spiro atoms. The molecule has 1 saturated heterocycles. The highest BCUT2D eigenvalue weighted by Gasteiger charge is 2.34. The summed E-state index contributed by atoms with van der Waals surface area (Å²) in [4.78, 5) is 43.1. The van der Waals surface area contributed by atoms with Gasteiger partial charge < -0.3 is 15.1 Å². The van der Waals surface area contributed by atoms with E-state index in [0.29, 0.717) is 32.7 Å². The Labute approximate surface area is 160 Å². The van der Waals surface area contributed by atoms with Crippen LogP contribution in [0.15, 0.2) is 24.3 Å². The molecule has 0 saturated carbocycles. The van der Waals surface area contributed by atoms with Crippen molar-refractivity contribution >= 4 is 23.4 Å². The number of carbonyl (C=O) groups is 3. The van der Waals surface area contributed by atoms with Crippen LogP contribution in [-0.2, 0) is 14.4 Å². The number of para-hydroxylation sites is 1. The van der Waals surface area contributed by atoms with E-state index in [0.717, 1.165) is 24.3 Å². The predicted octanol–water partition coefficient (Wildman–Crippen LogP) is 1.13. The fourth-order valence-corrected chi connectivity index (χ4v) is 3.85. The number of nitrogens with zero attached hydrogens (tertiary/aromatic N) is 3. The Morgan fingerprint density at radius 1 is 1.11 bits per heavy atom. The van der Waals surface area contributed by atoms with E-state index in [4.69, 9.17) is 0 Å². The number of benzene rings is 1. The lowest BCUT2D eigenvalue weighted by molar-refractivity contribution is -0.137. The van der Waals surface area contributed by atoms with Gasteiger partial charge in [0.05, 0.1) is 12.5 Å². The van der Waals surface area contributed by atoms with Crippen molar-refractivity contribution in [2.45, 2.75) is 26.2 Å². The molecule has 2 aliphatic rings. The van der Waals surface area contributed by atoms with E-state index in [-0.39, 0.29) is 24.1 Å². The molecule has 3 amide bonds. The van der Waals surface area contributed by atoms with Gasteiger partial charge in [0.1, 0.15) is 0 Å². The summed E-state index contributed by atoms with van der Waals surface area (Å²) in [5, 5.41) is 2.84. The fraction of sp³-hybridized carbons (Fsp3) is 0.550. The van der Waals surface area contributed by atoms with E-state index >= 15 is 0 Å². The average Bonchev–Trinajstić information content (AvgIpc) is 2.68. The summed E-state index contributed by atoms with van der Waals surface area (Å²) in [6.45, 7) is 8.34. The van der Waals surface area contributed by atoms with Gasteiger partial charge in [0.15, 0.2) is 0 Å². The minimum absolute atomic E-state index is 0.00650. The molecule has 0 aliphatic carbocycles. The van der Waals surface area contributed by atoms with E-state index in [1.165, 1.54) is 0 Å². The van der Waals surface area contributed by atoms with Gasteiger partial charge in [0.2, 0.25) is 17.7 Å². The van der Waals surface area contributed by atoms with Crippen LogP contribution >= 0.6 is 0 Å². The smallest absolute Gasteiger partial charge is 0.236 e. The van der Waals surface area contributed by atoms with Crippen LogP contribution < -0.4 is 5.32 Å². The maximum atomic E-state index is 13.0. The minimum Gasteiger partial charge on any atom is -0.342 e. The molecule has 3 rings (SSSR count). The van der Waals surface area contributed by atoms with Crippen molar-refractivity contribution in [2.75, 3.05) is 51.1 Å². The molecule has 7 heteroatoms. The zero-order valence-corrected chi connectivity index (χ0v) is 16.1. The molecule has 1 aromatic rings. The average molecular weight is 372 g/mol. The summed E-state index contributed by atoms with van der Waals surface area (Å²) < 4.78 is 0. The molecule has 7 nitrogen and oxygen atoms in total. The SMILES string of the molecule is CCN(CC)C(=O)CN1CCN(C(=O)C2CC(=O)Nc3ccccc32)CC1. The highest BCUT2D eigenvalue weighted by molar-refractivity contribution is 6.01. The second kappa shape index (κ2) is 8.52. The minimum atomic E-state index is -0.418. The maximum absolute atomic E-state index is 13.0. The highest BCUT2D eigenvalue weighted by atomic mass is 16.2. The first kappa shape index (κ1) is 19.4. The van der Waals surface area contributed by atoms with Gasteiger partial charge in [-0.2, -0.15) is 0 Å². The van der Waals surface area contributed by atoms with Crippen LogP contribution in [0.5, 0.6) is 0 Å². The quantitative estimate of drug-likeness (QED) is 0.841. The van der Waals surface area contributed by atoms with Crippen LogP contribution in [0.25, 0.3) is 0 Å². The van der Waals surface area contributed by atoms with Gasteiger partial charge in [-0.25, -0.2) is 0 Å². The number of hydrogen-bond donors (Lipinski definition) is 1. The second-order valence-corrected chi connectivity index (χ2v) is 7.06. The Balaban J connectivity index is 1.59. The molecule has 1 N–H and O–H groups in total. The summed E-state index contributed by atoms with van der Waals surface area (Å²) in [6, 6.07) is 7.50. The lowest BCUT2D eigenvalue weighted by Crippen LogP contribution is -2.52. The zero-order valence-electron chi connectivity index (χ0n) is 16.1. The van der Waals surface area contributed by atoms with Crippen molar-refractivity contribution in [2.24, 2.45) is 0 Å². The third kappa shape index (κ3) is 4.30. The molecule has 1 atom stereocenters. The van der Waals surface area contributed by atoms with Crippen LogP contribution in [-0.4, -0.2) is 78.2 Å². The monoisotopic (exact) mass is 372 g/mol. The molecular weight excluding hydrogens is 344 g/mol. The predicted molar refractivity (Wildman–Crippen MR) is 103 cm³/mol. The van der Waals surface area contributed by atoms with E-state index < -0.39 is 5.92 Å². The summed E-state index contributed by atoms with van der Waals surface area (Å²) in [5.41, 5.74) is 1.62. The Morgan fingerprint density at radius 3 is 2.44 bits per heavy atom. The lowest BCUT2D eigenvalue weighted by Gasteiger charge is -2.37. The van der Waals surface area contributed by atoms with Crippen molar-refractivity contribution < 1.29 is 14.4 Å². The number of rotatable bonds is 5. The van der Waals surface area contributed by atoms with Crippen LogP contribution in [0.4, 0.5) is 5.69 Å². The number of anilines is 1. The van der Waals surface area contributed by atoms with Crippen LogP contribution in [0, 0.1) is 0 Å². The standard InChI is InChI=1S/C20H28N4O3/c1-3-23(4-2)19(26)14-22-9-11-24(12-10-22)20(27)16-13-18(25)21-17-8-6-5-7-15(16)17/h5-8,16H,3-4,9-14H2,1-2H3,(H,21,25). The van der Waals surface area contributed by atoms with Crippen molar-refractivity contribution in [3.63, 3.8) is 0 Å². The Bertz CT molecular complexity index is 709. The van der Waals surface area contributed by atoms with Gasteiger partial charge in [-0.3, -0.25) is 19.3 Å². The van der Waals surface area contributed by atoms with Gasteiger partial charge in [0.25, 0.3) is 0 Å². The maximum Gasteiger partial charge on any atom is 0.236 e. The van der Waals surface area contributed by atoms with Crippen molar-refractivity contribution in [1.82, 2.24) is 14.7 Å². The first-order chi connectivity index (χ1) is 13.0. The first-order valence-corrected chi connectivity index (χ1v) is 9.71. The molecular formula is C20H28N4O3. The summed E-state index contributed by atoms with van der Waals surface area (Å²) in [6.07, 6.45) is 0.191. The number of likely N-dealkylation sites (N-methyl/N-ethyl adjacent to an activating group) is 1. The Kier molecular flexibility index (Phi) is 6.11. The second-order valence-electron chi connectivity index (χ2n) is 7.06. The van der Waals surface area contributed by atoms with Crippen molar-refractivity contribution in [1.29, 1.82) is 0 Å². The van der Waals surface area contributed by atoms with E-state index in [9.17, 15) is 14.4 Å². The van der Waals surface area contributed by atoms with E-state index in [1.807, 2.05) is 47.9 Å². The van der Waals surface area contributed by atoms with E-state index in [2.05, 4.69) is 10.2 Å². The lowest BCUT2D eigenvalue weighted by atomic mass is 9.89. The van der Waals surface area contributed by atoms with Gasteiger partial charge in [0, 0.05) is 51.4 Å². The first-order valence-electron chi connectivity index (χ1n) is 9.71. The van der Waals surface area contributed by atoms with Crippen LogP contribution in [0.1, 0.15) is 31.7 Å². The topological polar surface area (TPSA) is 73.0 Å². The summed E-state index contributed by atoms with van der Waals surface area (Å²) in [5.74, 6) is -0.390. The number of nitrogens with one attached hydrogen (secondary N) is 1. The molecule has 146 valence electrons. The number of carbonyl (C=O) groups excluding carboxylic acids is 3. The molecule has 1 fully saturated rings. The fourth-order valence-electron chi connectivity index (χ4n) is 3.85. The highest BCUT2D eigenvalue weighted by Crippen LogP contribution is 2.33. The largest absolute Gasteiger partial charge is 0.342 e. The molecule has 0 aromatic heterocycles.